The van der Waals surface area contributed by atoms with Crippen LogP contribution >= 0.6 is 0 Å². The van der Waals surface area contributed by atoms with Crippen LogP contribution in [0.25, 0.3) is 12.2 Å². The van der Waals surface area contributed by atoms with E-state index < -0.39 is 0 Å². The molecule has 0 bridgehead atoms. The number of pyridine rings is 1. The molecule has 0 aromatic carbocycles. The van der Waals surface area contributed by atoms with Crippen molar-refractivity contribution in [3.05, 3.63) is 42.2 Å². The zero-order valence-electron chi connectivity index (χ0n) is 6.62. The maximum atomic E-state index is 3.99. The van der Waals surface area contributed by atoms with Crippen LogP contribution in [0.15, 0.2) is 31.1 Å². The third-order valence-corrected chi connectivity index (χ3v) is 1.45. The van der Waals surface area contributed by atoms with Crippen molar-refractivity contribution in [3.8, 4) is 0 Å². The van der Waals surface area contributed by atoms with Gasteiger partial charge in [-0.1, -0.05) is 24.8 Å². The molecule has 1 nitrogen and oxygen atoms in total. The Morgan fingerprint density at radius 2 is 2.27 bits per heavy atom. The van der Waals surface area contributed by atoms with E-state index in [9.17, 15) is 0 Å². The van der Waals surface area contributed by atoms with Gasteiger partial charge >= 0.3 is 0 Å². The van der Waals surface area contributed by atoms with Crippen LogP contribution in [0.4, 0.5) is 0 Å². The summed E-state index contributed by atoms with van der Waals surface area (Å²) in [4.78, 5) is 3.99. The van der Waals surface area contributed by atoms with E-state index in [1.807, 2.05) is 37.4 Å². The molecule has 0 aliphatic rings. The molecule has 1 aromatic rings. The van der Waals surface area contributed by atoms with Crippen molar-refractivity contribution in [3.63, 3.8) is 0 Å². The average molecular weight is 145 g/mol. The van der Waals surface area contributed by atoms with Crippen molar-refractivity contribution in [1.82, 2.24) is 4.98 Å². The van der Waals surface area contributed by atoms with Gasteiger partial charge in [0.25, 0.3) is 0 Å². The highest BCUT2D eigenvalue weighted by atomic mass is 14.6. The fourth-order valence-electron chi connectivity index (χ4n) is 0.919. The van der Waals surface area contributed by atoms with Gasteiger partial charge in [-0.3, -0.25) is 4.98 Å². The first-order chi connectivity index (χ1) is 5.38. The molecule has 1 aromatic heterocycles. The summed E-state index contributed by atoms with van der Waals surface area (Å²) in [6.07, 6.45) is 9.44. The van der Waals surface area contributed by atoms with Crippen LogP contribution in [0.1, 0.15) is 18.1 Å². The fourth-order valence-corrected chi connectivity index (χ4v) is 0.919. The van der Waals surface area contributed by atoms with Crippen LogP contribution in [0.3, 0.4) is 0 Å². The molecule has 0 saturated carbocycles. The second-order valence-electron chi connectivity index (χ2n) is 2.21. The smallest absolute Gasteiger partial charge is 0.0346 e. The SMILES string of the molecule is C=Cc1cnccc1/C=C/C. The van der Waals surface area contributed by atoms with Crippen molar-refractivity contribution in [2.24, 2.45) is 0 Å². The highest BCUT2D eigenvalue weighted by Gasteiger charge is 1.91. The molecule has 0 unspecified atom stereocenters. The largest absolute Gasteiger partial charge is 0.264 e. The van der Waals surface area contributed by atoms with Gasteiger partial charge in [-0.2, -0.15) is 0 Å². The molecular weight excluding hydrogens is 134 g/mol. The maximum absolute atomic E-state index is 3.99. The number of allylic oxidation sites excluding steroid dienone is 1. The quantitative estimate of drug-likeness (QED) is 0.623. The van der Waals surface area contributed by atoms with E-state index in [0.717, 1.165) is 11.1 Å². The zero-order valence-corrected chi connectivity index (χ0v) is 6.62. The lowest BCUT2D eigenvalue weighted by Gasteiger charge is -1.96. The van der Waals surface area contributed by atoms with Gasteiger partial charge in [0.05, 0.1) is 0 Å². The molecule has 1 heterocycles. The lowest BCUT2D eigenvalue weighted by atomic mass is 10.1. The zero-order chi connectivity index (χ0) is 8.10. The van der Waals surface area contributed by atoms with Gasteiger partial charge in [-0.25, -0.2) is 0 Å². The first-order valence-electron chi connectivity index (χ1n) is 3.57. The second-order valence-corrected chi connectivity index (χ2v) is 2.21. The minimum absolute atomic E-state index is 1.07. The Labute approximate surface area is 67.1 Å². The predicted molar refractivity (Wildman–Crippen MR) is 49.0 cm³/mol. The Kier molecular flexibility index (Phi) is 2.61. The lowest BCUT2D eigenvalue weighted by Crippen LogP contribution is -1.80. The second kappa shape index (κ2) is 3.71. The Bertz CT molecular complexity index is 274. The minimum atomic E-state index is 1.07. The predicted octanol–water partition coefficient (Wildman–Crippen LogP) is 2.76. The molecule has 0 radical (unpaired) electrons. The van der Waals surface area contributed by atoms with Crippen molar-refractivity contribution in [1.29, 1.82) is 0 Å². The molecule has 1 rings (SSSR count). The molecule has 0 spiro atoms. The number of nitrogens with zero attached hydrogens (tertiary/aromatic N) is 1. The van der Waals surface area contributed by atoms with E-state index in [1.165, 1.54) is 0 Å². The Balaban J connectivity index is 3.11. The summed E-state index contributed by atoms with van der Waals surface area (Å²) in [6.45, 7) is 5.69. The van der Waals surface area contributed by atoms with Gasteiger partial charge in [-0.05, 0) is 24.1 Å². The molecule has 0 fully saturated rings. The number of hydrogen-bond donors (Lipinski definition) is 0. The van der Waals surface area contributed by atoms with Crippen LogP contribution in [0.5, 0.6) is 0 Å². The van der Waals surface area contributed by atoms with Crippen LogP contribution in [-0.4, -0.2) is 4.98 Å². The van der Waals surface area contributed by atoms with E-state index >= 15 is 0 Å². The molecule has 0 atom stereocenters. The van der Waals surface area contributed by atoms with E-state index in [4.69, 9.17) is 0 Å². The first-order valence-corrected chi connectivity index (χ1v) is 3.57. The van der Waals surface area contributed by atoms with Crippen molar-refractivity contribution >= 4 is 12.2 Å². The summed E-state index contributed by atoms with van der Waals surface area (Å²) < 4.78 is 0. The third kappa shape index (κ3) is 1.77. The van der Waals surface area contributed by atoms with E-state index in [0.29, 0.717) is 0 Å². The van der Waals surface area contributed by atoms with Crippen LogP contribution < -0.4 is 0 Å². The maximum Gasteiger partial charge on any atom is 0.0346 e. The van der Waals surface area contributed by atoms with E-state index in [1.54, 1.807) is 6.20 Å². The Hall–Kier alpha value is -1.37. The van der Waals surface area contributed by atoms with Gasteiger partial charge in [0.1, 0.15) is 0 Å². The van der Waals surface area contributed by atoms with Crippen molar-refractivity contribution < 1.29 is 0 Å². The van der Waals surface area contributed by atoms with E-state index in [-0.39, 0.29) is 0 Å². The molecule has 1 heteroatoms. The lowest BCUT2D eigenvalue weighted by molar-refractivity contribution is 1.31. The monoisotopic (exact) mass is 145 g/mol. The first kappa shape index (κ1) is 7.73. The van der Waals surface area contributed by atoms with Gasteiger partial charge < -0.3 is 0 Å². The summed E-state index contributed by atoms with van der Waals surface area (Å²) >= 11 is 0. The van der Waals surface area contributed by atoms with E-state index in [2.05, 4.69) is 11.6 Å². The number of rotatable bonds is 2. The molecule has 0 N–H and O–H groups in total. The highest BCUT2D eigenvalue weighted by Crippen LogP contribution is 2.09. The van der Waals surface area contributed by atoms with Crippen molar-refractivity contribution in [2.75, 3.05) is 0 Å². The summed E-state index contributed by atoms with van der Waals surface area (Å²) in [5, 5.41) is 0. The standard InChI is InChI=1S/C10H11N/c1-3-5-10-6-7-11-8-9(10)4-2/h3-8H,2H2,1H3/b5-3+. The molecular formula is C10H11N. The van der Waals surface area contributed by atoms with Crippen LogP contribution in [0.2, 0.25) is 0 Å². The van der Waals surface area contributed by atoms with Crippen LogP contribution in [-0.2, 0) is 0 Å². The van der Waals surface area contributed by atoms with Gasteiger partial charge in [-0.15, -0.1) is 0 Å². The van der Waals surface area contributed by atoms with Crippen molar-refractivity contribution in [2.45, 2.75) is 6.92 Å². The summed E-state index contributed by atoms with van der Waals surface area (Å²) in [7, 11) is 0. The molecule has 0 amide bonds. The molecule has 0 aliphatic heterocycles. The average Bonchev–Trinajstić information content (AvgIpc) is 2.06. The third-order valence-electron chi connectivity index (χ3n) is 1.45. The highest BCUT2D eigenvalue weighted by molar-refractivity contribution is 5.62. The molecule has 56 valence electrons. The normalized spacial score (nSPS) is 10.3. The number of hydrogen-bond acceptors (Lipinski definition) is 1. The Morgan fingerprint density at radius 1 is 1.45 bits per heavy atom. The molecule has 0 saturated heterocycles. The van der Waals surface area contributed by atoms with Gasteiger partial charge in [0.15, 0.2) is 0 Å². The van der Waals surface area contributed by atoms with Gasteiger partial charge in [0, 0.05) is 12.4 Å². The summed E-state index contributed by atoms with van der Waals surface area (Å²) in [6, 6.07) is 1.97. The number of aromatic nitrogens is 1. The fraction of sp³-hybridized carbons (Fsp3) is 0.100. The summed E-state index contributed by atoms with van der Waals surface area (Å²) in [5.41, 5.74) is 2.24. The minimum Gasteiger partial charge on any atom is -0.264 e. The molecule has 0 aliphatic carbocycles. The molecule has 11 heavy (non-hydrogen) atoms. The Morgan fingerprint density at radius 3 is 2.91 bits per heavy atom. The summed E-state index contributed by atoms with van der Waals surface area (Å²) in [5.74, 6) is 0. The topological polar surface area (TPSA) is 12.9 Å². The van der Waals surface area contributed by atoms with Gasteiger partial charge in [0.2, 0.25) is 0 Å². The van der Waals surface area contributed by atoms with Crippen LogP contribution in [0, 0.1) is 0 Å².